The molecule has 3 nitrogen and oxygen atoms in total. The van der Waals surface area contributed by atoms with Gasteiger partial charge in [-0.15, -0.1) is 0 Å². The average Bonchev–Trinajstić information content (AvgIpc) is 2.69. The highest BCUT2D eigenvalue weighted by Gasteiger charge is 2.27. The molecule has 1 saturated heterocycles. The highest BCUT2D eigenvalue weighted by atomic mass is 16.2. The smallest absolute Gasteiger partial charge is 0.226 e. The van der Waals surface area contributed by atoms with Crippen molar-refractivity contribution in [1.82, 2.24) is 10.2 Å². The molecule has 0 radical (unpaired) electrons. The number of amides is 1. The summed E-state index contributed by atoms with van der Waals surface area (Å²) in [6.07, 6.45) is 6.12. The van der Waals surface area contributed by atoms with E-state index in [0.717, 1.165) is 32.5 Å². The van der Waals surface area contributed by atoms with E-state index in [1.165, 1.54) is 0 Å². The Morgan fingerprint density at radius 2 is 2.14 bits per heavy atom. The van der Waals surface area contributed by atoms with Crippen molar-refractivity contribution in [2.45, 2.75) is 25.8 Å². The Morgan fingerprint density at radius 1 is 1.43 bits per heavy atom. The molecule has 0 aromatic carbocycles. The number of nitrogens with one attached hydrogen (secondary N) is 1. The number of hydrogen-bond acceptors (Lipinski definition) is 2. The van der Waals surface area contributed by atoms with Gasteiger partial charge in [-0.1, -0.05) is 12.2 Å². The van der Waals surface area contributed by atoms with Crippen LogP contribution in [0.3, 0.4) is 0 Å². The summed E-state index contributed by atoms with van der Waals surface area (Å²) in [5.74, 6) is 0.587. The summed E-state index contributed by atoms with van der Waals surface area (Å²) in [6.45, 7) is 4.81. The molecule has 0 bridgehead atoms. The molecule has 1 N–H and O–H groups in total. The van der Waals surface area contributed by atoms with Crippen LogP contribution in [0.5, 0.6) is 0 Å². The molecule has 2 rings (SSSR count). The molecule has 14 heavy (non-hydrogen) atoms. The van der Waals surface area contributed by atoms with Crippen LogP contribution in [0.1, 0.15) is 19.8 Å². The Kier molecular flexibility index (Phi) is 2.87. The van der Waals surface area contributed by atoms with E-state index in [-0.39, 0.29) is 5.92 Å². The van der Waals surface area contributed by atoms with Gasteiger partial charge < -0.3 is 10.2 Å². The summed E-state index contributed by atoms with van der Waals surface area (Å²) in [5.41, 5.74) is 0. The minimum Gasteiger partial charge on any atom is -0.340 e. The standard InChI is InChI=1S/C11H18N2O/c1-9-8-13(7-6-12-9)11(14)10-4-2-3-5-10/h2-3,9-10,12H,4-8H2,1H3/t9-/m0/s1. The Bertz CT molecular complexity index is 242. The summed E-state index contributed by atoms with van der Waals surface area (Å²) in [6, 6.07) is 0.446. The maximum atomic E-state index is 12.0. The number of piperazine rings is 1. The minimum absolute atomic E-state index is 0.236. The van der Waals surface area contributed by atoms with Gasteiger partial charge in [0.05, 0.1) is 0 Å². The van der Waals surface area contributed by atoms with Crippen molar-refractivity contribution in [1.29, 1.82) is 0 Å². The lowest BCUT2D eigenvalue weighted by Crippen LogP contribution is -2.52. The average molecular weight is 194 g/mol. The van der Waals surface area contributed by atoms with Crippen LogP contribution in [-0.4, -0.2) is 36.5 Å². The molecule has 1 aliphatic carbocycles. The fraction of sp³-hybridized carbons (Fsp3) is 0.727. The van der Waals surface area contributed by atoms with Crippen molar-refractivity contribution in [3.05, 3.63) is 12.2 Å². The highest BCUT2D eigenvalue weighted by Crippen LogP contribution is 2.20. The first-order valence-electron chi connectivity index (χ1n) is 5.44. The van der Waals surface area contributed by atoms with Gasteiger partial charge in [-0.3, -0.25) is 4.79 Å². The number of nitrogens with zero attached hydrogens (tertiary/aromatic N) is 1. The van der Waals surface area contributed by atoms with Gasteiger partial charge >= 0.3 is 0 Å². The van der Waals surface area contributed by atoms with Crippen LogP contribution in [0, 0.1) is 5.92 Å². The molecule has 3 heteroatoms. The van der Waals surface area contributed by atoms with Crippen LogP contribution in [0.2, 0.25) is 0 Å². The van der Waals surface area contributed by atoms with Crippen LogP contribution in [-0.2, 0) is 4.79 Å². The number of allylic oxidation sites excluding steroid dienone is 2. The third-order valence-electron chi connectivity index (χ3n) is 3.04. The number of hydrogen-bond donors (Lipinski definition) is 1. The zero-order valence-electron chi connectivity index (χ0n) is 8.70. The molecule has 1 amide bonds. The fourth-order valence-electron chi connectivity index (χ4n) is 2.21. The van der Waals surface area contributed by atoms with Crippen LogP contribution < -0.4 is 5.32 Å². The molecule has 1 fully saturated rings. The third-order valence-corrected chi connectivity index (χ3v) is 3.04. The Hall–Kier alpha value is -0.830. The number of carbonyl (C=O) groups is 1. The maximum absolute atomic E-state index is 12.0. The first kappa shape index (κ1) is 9.71. The van der Waals surface area contributed by atoms with E-state index < -0.39 is 0 Å². The zero-order valence-corrected chi connectivity index (χ0v) is 8.70. The van der Waals surface area contributed by atoms with E-state index >= 15 is 0 Å². The van der Waals surface area contributed by atoms with Gasteiger partial charge in [0.1, 0.15) is 0 Å². The second kappa shape index (κ2) is 4.13. The van der Waals surface area contributed by atoms with Crippen LogP contribution >= 0.6 is 0 Å². The molecular weight excluding hydrogens is 176 g/mol. The van der Waals surface area contributed by atoms with E-state index in [1.807, 2.05) is 4.90 Å². The lowest BCUT2D eigenvalue weighted by Gasteiger charge is -2.33. The Labute approximate surface area is 85.2 Å². The van der Waals surface area contributed by atoms with Gasteiger partial charge in [0.2, 0.25) is 5.91 Å². The van der Waals surface area contributed by atoms with E-state index in [2.05, 4.69) is 24.4 Å². The molecule has 2 aliphatic rings. The summed E-state index contributed by atoms with van der Waals surface area (Å²) in [4.78, 5) is 14.0. The van der Waals surface area contributed by atoms with Crippen molar-refractivity contribution in [2.24, 2.45) is 5.92 Å². The van der Waals surface area contributed by atoms with Gasteiger partial charge in [0, 0.05) is 31.6 Å². The monoisotopic (exact) mass is 194 g/mol. The second-order valence-electron chi connectivity index (χ2n) is 4.28. The van der Waals surface area contributed by atoms with Crippen molar-refractivity contribution in [2.75, 3.05) is 19.6 Å². The zero-order chi connectivity index (χ0) is 9.97. The topological polar surface area (TPSA) is 32.3 Å². The predicted molar refractivity (Wildman–Crippen MR) is 55.9 cm³/mol. The van der Waals surface area contributed by atoms with Crippen LogP contribution in [0.15, 0.2) is 12.2 Å². The molecule has 0 aromatic rings. The van der Waals surface area contributed by atoms with Gasteiger partial charge in [0.25, 0.3) is 0 Å². The first-order chi connectivity index (χ1) is 6.77. The van der Waals surface area contributed by atoms with E-state index in [9.17, 15) is 4.79 Å². The molecule has 0 aromatic heterocycles. The van der Waals surface area contributed by atoms with Gasteiger partial charge in [0.15, 0.2) is 0 Å². The molecule has 0 saturated carbocycles. The predicted octanol–water partition coefficient (Wildman–Crippen LogP) is 0.773. The Morgan fingerprint density at radius 3 is 2.79 bits per heavy atom. The number of carbonyl (C=O) groups excluding carboxylic acids is 1. The minimum atomic E-state index is 0.236. The van der Waals surface area contributed by atoms with Crippen molar-refractivity contribution in [3.63, 3.8) is 0 Å². The van der Waals surface area contributed by atoms with Crippen molar-refractivity contribution >= 4 is 5.91 Å². The second-order valence-corrected chi connectivity index (χ2v) is 4.28. The lowest BCUT2D eigenvalue weighted by atomic mass is 10.0. The van der Waals surface area contributed by atoms with Crippen molar-refractivity contribution < 1.29 is 4.79 Å². The van der Waals surface area contributed by atoms with Crippen LogP contribution in [0.4, 0.5) is 0 Å². The first-order valence-corrected chi connectivity index (χ1v) is 5.44. The summed E-state index contributed by atoms with van der Waals surface area (Å²) in [7, 11) is 0. The highest BCUT2D eigenvalue weighted by molar-refractivity contribution is 5.79. The maximum Gasteiger partial charge on any atom is 0.226 e. The number of rotatable bonds is 1. The van der Waals surface area contributed by atoms with E-state index in [0.29, 0.717) is 11.9 Å². The van der Waals surface area contributed by atoms with Crippen LogP contribution in [0.25, 0.3) is 0 Å². The summed E-state index contributed by atoms with van der Waals surface area (Å²) >= 11 is 0. The van der Waals surface area contributed by atoms with Gasteiger partial charge in [-0.25, -0.2) is 0 Å². The SMILES string of the molecule is C[C@H]1CN(C(=O)C2CC=CC2)CCN1. The molecule has 78 valence electrons. The van der Waals surface area contributed by atoms with E-state index in [1.54, 1.807) is 0 Å². The third kappa shape index (κ3) is 1.98. The molecule has 0 spiro atoms. The molecule has 0 unspecified atom stereocenters. The molecule has 1 atom stereocenters. The Balaban J connectivity index is 1.90. The summed E-state index contributed by atoms with van der Waals surface area (Å²) in [5, 5.41) is 3.35. The van der Waals surface area contributed by atoms with E-state index in [4.69, 9.17) is 0 Å². The normalized spacial score (nSPS) is 28.4. The van der Waals surface area contributed by atoms with Crippen molar-refractivity contribution in [3.8, 4) is 0 Å². The van der Waals surface area contributed by atoms with Gasteiger partial charge in [-0.2, -0.15) is 0 Å². The lowest BCUT2D eigenvalue weighted by molar-refractivity contribution is -0.136. The summed E-state index contributed by atoms with van der Waals surface area (Å²) < 4.78 is 0. The molecule has 1 aliphatic heterocycles. The van der Waals surface area contributed by atoms with Gasteiger partial charge in [-0.05, 0) is 19.8 Å². The quantitative estimate of drug-likeness (QED) is 0.625. The fourth-order valence-corrected chi connectivity index (χ4v) is 2.21. The molecule has 1 heterocycles. The molecular formula is C11H18N2O. The largest absolute Gasteiger partial charge is 0.340 e.